The van der Waals surface area contributed by atoms with Crippen molar-refractivity contribution in [1.29, 1.82) is 0 Å². The van der Waals surface area contributed by atoms with E-state index in [4.69, 9.17) is 4.74 Å². The number of unbranched alkanes of at least 4 members (excludes halogenated alkanes) is 2. The van der Waals surface area contributed by atoms with E-state index in [1.54, 1.807) is 0 Å². The number of hydrogen-bond acceptors (Lipinski definition) is 2. The minimum atomic E-state index is -0.448. The van der Waals surface area contributed by atoms with Crippen molar-refractivity contribution in [2.45, 2.75) is 70.9 Å². The number of rotatable bonds is 9. The Balaban J connectivity index is 4.18. The molecule has 0 bridgehead atoms. The Morgan fingerprint density at radius 1 is 1.16 bits per heavy atom. The number of carbonyl (C=O) groups excluding carboxylic acids is 1. The van der Waals surface area contributed by atoms with E-state index in [1.165, 1.54) is 0 Å². The monoisotopic (exact) mass is 267 g/mol. The fraction of sp³-hybridized carbons (Fsp3) is 0.688. The maximum atomic E-state index is 11.8. The molecule has 1 N–H and O–H groups in total. The van der Waals surface area contributed by atoms with Crippen molar-refractivity contribution >= 4 is 6.09 Å². The van der Waals surface area contributed by atoms with E-state index in [0.717, 1.165) is 38.5 Å². The van der Waals surface area contributed by atoms with Gasteiger partial charge in [0.05, 0.1) is 0 Å². The number of amides is 1. The minimum Gasteiger partial charge on any atom is -0.444 e. The van der Waals surface area contributed by atoms with E-state index in [9.17, 15) is 4.79 Å². The highest BCUT2D eigenvalue weighted by Crippen LogP contribution is 2.12. The lowest BCUT2D eigenvalue weighted by Gasteiger charge is -2.23. The molecule has 0 atom stereocenters. The number of carbonyl (C=O) groups is 1. The van der Waals surface area contributed by atoms with E-state index in [-0.39, 0.29) is 12.1 Å². The zero-order valence-electron chi connectivity index (χ0n) is 12.7. The summed E-state index contributed by atoms with van der Waals surface area (Å²) in [5, 5.41) is 2.96. The average Bonchev–Trinajstić information content (AvgIpc) is 2.26. The first-order chi connectivity index (χ1) is 8.89. The van der Waals surface area contributed by atoms with Crippen LogP contribution in [0.5, 0.6) is 0 Å². The Labute approximate surface area is 118 Å². The van der Waals surface area contributed by atoms with Crippen LogP contribution in [0.3, 0.4) is 0 Å². The molecule has 0 saturated heterocycles. The van der Waals surface area contributed by atoms with Crippen LogP contribution in [-0.4, -0.2) is 17.7 Å². The summed E-state index contributed by atoms with van der Waals surface area (Å²) in [6.45, 7) is 13.1. The summed E-state index contributed by atoms with van der Waals surface area (Å²) in [5.41, 5.74) is -0.448. The van der Waals surface area contributed by atoms with Gasteiger partial charge in [-0.25, -0.2) is 4.79 Å². The molecule has 0 heterocycles. The molecular formula is C16H29NO2. The highest BCUT2D eigenvalue weighted by atomic mass is 16.6. The first-order valence-electron chi connectivity index (χ1n) is 7.10. The molecule has 0 fully saturated rings. The Kier molecular flexibility index (Phi) is 9.02. The molecule has 0 aromatic heterocycles. The summed E-state index contributed by atoms with van der Waals surface area (Å²) < 4.78 is 5.29. The van der Waals surface area contributed by atoms with Gasteiger partial charge in [0.1, 0.15) is 5.60 Å². The van der Waals surface area contributed by atoms with E-state index < -0.39 is 5.60 Å². The lowest BCUT2D eigenvalue weighted by Crippen LogP contribution is -2.39. The number of hydrogen-bond donors (Lipinski definition) is 1. The second kappa shape index (κ2) is 9.65. The van der Waals surface area contributed by atoms with E-state index in [1.807, 2.05) is 32.9 Å². The molecule has 0 rings (SSSR count). The van der Waals surface area contributed by atoms with Gasteiger partial charge in [-0.05, 0) is 59.3 Å². The van der Waals surface area contributed by atoms with Crippen LogP contribution in [0.25, 0.3) is 0 Å². The summed E-state index contributed by atoms with van der Waals surface area (Å²) in [6.07, 6.45) is 9.46. The zero-order valence-corrected chi connectivity index (χ0v) is 12.7. The summed E-state index contributed by atoms with van der Waals surface area (Å²) in [4.78, 5) is 11.8. The van der Waals surface area contributed by atoms with E-state index >= 15 is 0 Å². The maximum absolute atomic E-state index is 11.8. The minimum absolute atomic E-state index is 0.176. The van der Waals surface area contributed by atoms with Gasteiger partial charge in [-0.3, -0.25) is 0 Å². The molecule has 0 aliphatic heterocycles. The van der Waals surface area contributed by atoms with Gasteiger partial charge in [-0.1, -0.05) is 12.2 Å². The van der Waals surface area contributed by atoms with Gasteiger partial charge in [0.15, 0.2) is 0 Å². The lowest BCUT2D eigenvalue weighted by molar-refractivity contribution is 0.0498. The van der Waals surface area contributed by atoms with Crippen molar-refractivity contribution in [3.05, 3.63) is 25.3 Å². The predicted molar refractivity (Wildman–Crippen MR) is 81.3 cm³/mol. The number of allylic oxidation sites excluding steroid dienone is 2. The van der Waals surface area contributed by atoms with Crippen LogP contribution in [0, 0.1) is 0 Å². The molecule has 0 unspecified atom stereocenters. The van der Waals surface area contributed by atoms with Crippen LogP contribution < -0.4 is 5.32 Å². The van der Waals surface area contributed by atoms with Gasteiger partial charge >= 0.3 is 6.09 Å². The molecule has 3 nitrogen and oxygen atoms in total. The molecule has 0 saturated carbocycles. The van der Waals surface area contributed by atoms with Crippen LogP contribution >= 0.6 is 0 Å². The number of alkyl carbamates (subject to hydrolysis) is 1. The molecule has 0 radical (unpaired) electrons. The zero-order chi connectivity index (χ0) is 14.7. The van der Waals surface area contributed by atoms with Crippen molar-refractivity contribution in [2.75, 3.05) is 0 Å². The van der Waals surface area contributed by atoms with Crippen molar-refractivity contribution in [1.82, 2.24) is 5.32 Å². The second-order valence-electron chi connectivity index (χ2n) is 5.78. The van der Waals surface area contributed by atoms with Crippen molar-refractivity contribution < 1.29 is 9.53 Å². The molecule has 1 amide bonds. The second-order valence-corrected chi connectivity index (χ2v) is 5.78. The van der Waals surface area contributed by atoms with Crippen LogP contribution in [-0.2, 0) is 4.74 Å². The summed E-state index contributed by atoms with van der Waals surface area (Å²) in [6, 6.07) is 0.176. The van der Waals surface area contributed by atoms with Crippen molar-refractivity contribution in [2.24, 2.45) is 0 Å². The number of ether oxygens (including phenoxy) is 1. The highest BCUT2D eigenvalue weighted by molar-refractivity contribution is 5.68. The van der Waals surface area contributed by atoms with Crippen LogP contribution in [0.1, 0.15) is 59.3 Å². The van der Waals surface area contributed by atoms with Gasteiger partial charge in [-0.2, -0.15) is 0 Å². The highest BCUT2D eigenvalue weighted by Gasteiger charge is 2.18. The van der Waals surface area contributed by atoms with E-state index in [0.29, 0.717) is 0 Å². The predicted octanol–water partition coefficient (Wildman–Crippen LogP) is 4.59. The smallest absolute Gasteiger partial charge is 0.407 e. The fourth-order valence-electron chi connectivity index (χ4n) is 1.78. The summed E-state index contributed by atoms with van der Waals surface area (Å²) in [5.74, 6) is 0. The van der Waals surface area contributed by atoms with Gasteiger partial charge in [0, 0.05) is 6.04 Å². The largest absolute Gasteiger partial charge is 0.444 e. The van der Waals surface area contributed by atoms with Gasteiger partial charge in [-0.15, -0.1) is 13.2 Å². The average molecular weight is 267 g/mol. The van der Waals surface area contributed by atoms with Gasteiger partial charge < -0.3 is 10.1 Å². The van der Waals surface area contributed by atoms with Gasteiger partial charge in [0.2, 0.25) is 0 Å². The normalized spacial score (nSPS) is 11.2. The standard InChI is InChI=1S/C16H29NO2/c1-6-8-10-12-14(13-11-9-7-2)17-15(18)19-16(3,4)5/h6-7,14H,1-2,8-13H2,3-5H3,(H,17,18). The topological polar surface area (TPSA) is 38.3 Å². The first kappa shape index (κ1) is 17.8. The molecular weight excluding hydrogens is 238 g/mol. The lowest BCUT2D eigenvalue weighted by atomic mass is 10.0. The third kappa shape index (κ3) is 11.6. The fourth-order valence-corrected chi connectivity index (χ4v) is 1.78. The van der Waals surface area contributed by atoms with Crippen LogP contribution in [0.2, 0.25) is 0 Å². The van der Waals surface area contributed by atoms with Crippen LogP contribution in [0.4, 0.5) is 4.79 Å². The summed E-state index contributed by atoms with van der Waals surface area (Å²) >= 11 is 0. The molecule has 0 aromatic rings. The SMILES string of the molecule is C=CCCCC(CCCC=C)NC(=O)OC(C)(C)C. The Hall–Kier alpha value is -1.25. The third-order valence-corrected chi connectivity index (χ3v) is 2.64. The molecule has 0 aliphatic rings. The molecule has 110 valence electrons. The van der Waals surface area contributed by atoms with Crippen molar-refractivity contribution in [3.63, 3.8) is 0 Å². The third-order valence-electron chi connectivity index (χ3n) is 2.64. The number of nitrogens with one attached hydrogen (secondary N) is 1. The molecule has 19 heavy (non-hydrogen) atoms. The Bertz CT molecular complexity index is 265. The Morgan fingerprint density at radius 2 is 1.63 bits per heavy atom. The first-order valence-corrected chi connectivity index (χ1v) is 7.10. The van der Waals surface area contributed by atoms with Crippen LogP contribution in [0.15, 0.2) is 25.3 Å². The quantitative estimate of drug-likeness (QED) is 0.490. The maximum Gasteiger partial charge on any atom is 0.407 e. The van der Waals surface area contributed by atoms with Gasteiger partial charge in [0.25, 0.3) is 0 Å². The molecule has 0 spiro atoms. The van der Waals surface area contributed by atoms with Crippen molar-refractivity contribution in [3.8, 4) is 0 Å². The molecule has 3 heteroatoms. The van der Waals surface area contributed by atoms with E-state index in [2.05, 4.69) is 18.5 Å². The molecule has 0 aliphatic carbocycles. The summed E-state index contributed by atoms with van der Waals surface area (Å²) in [7, 11) is 0. The molecule has 0 aromatic carbocycles. The Morgan fingerprint density at radius 3 is 2.00 bits per heavy atom.